The van der Waals surface area contributed by atoms with Gasteiger partial charge in [0.1, 0.15) is 11.5 Å². The predicted octanol–water partition coefficient (Wildman–Crippen LogP) is 2.15. The van der Waals surface area contributed by atoms with Crippen LogP contribution < -0.4 is 10.6 Å². The zero-order valence-electron chi connectivity index (χ0n) is 13.3. The first-order chi connectivity index (χ1) is 11.6. The van der Waals surface area contributed by atoms with Crippen molar-refractivity contribution in [2.24, 2.45) is 0 Å². The Bertz CT molecular complexity index is 847. The number of carbonyl (C=O) groups is 1. The minimum Gasteiger partial charge on any atom is -0.360 e. The molecule has 0 aliphatic rings. The molecule has 3 aromatic heterocycles. The number of carbonyl (C=O) groups excluding carboxylic acids is 1. The number of aryl methyl sites for hydroxylation is 2. The number of pyridine rings is 1. The zero-order chi connectivity index (χ0) is 16.9. The van der Waals surface area contributed by atoms with Crippen molar-refractivity contribution < 1.29 is 9.32 Å². The lowest BCUT2D eigenvalue weighted by molar-refractivity contribution is 0.0945. The van der Waals surface area contributed by atoms with Crippen LogP contribution in [0.1, 0.15) is 27.5 Å². The fourth-order valence-electron chi connectivity index (χ4n) is 2.05. The number of hydrogen-bond acceptors (Lipinski definition) is 7. The van der Waals surface area contributed by atoms with Gasteiger partial charge in [-0.3, -0.25) is 9.78 Å². The van der Waals surface area contributed by atoms with Crippen LogP contribution in [0.3, 0.4) is 0 Å². The van der Waals surface area contributed by atoms with Crippen molar-refractivity contribution in [3.8, 4) is 0 Å². The highest BCUT2D eigenvalue weighted by atomic mass is 16.5. The summed E-state index contributed by atoms with van der Waals surface area (Å²) in [5.74, 6) is 1.16. The fourth-order valence-corrected chi connectivity index (χ4v) is 2.05. The van der Waals surface area contributed by atoms with E-state index in [-0.39, 0.29) is 17.5 Å². The molecule has 0 radical (unpaired) electrons. The topological polar surface area (TPSA) is 106 Å². The summed E-state index contributed by atoms with van der Waals surface area (Å²) >= 11 is 0. The van der Waals surface area contributed by atoms with Gasteiger partial charge in [-0.2, -0.15) is 0 Å². The molecule has 1 amide bonds. The van der Waals surface area contributed by atoms with Gasteiger partial charge in [-0.1, -0.05) is 5.16 Å². The molecule has 0 atom stereocenters. The molecular formula is C16H16N6O2. The van der Waals surface area contributed by atoms with Gasteiger partial charge < -0.3 is 15.2 Å². The summed E-state index contributed by atoms with van der Waals surface area (Å²) in [5.41, 5.74) is 1.90. The van der Waals surface area contributed by atoms with Crippen molar-refractivity contribution in [3.63, 3.8) is 0 Å². The second-order valence-corrected chi connectivity index (χ2v) is 5.20. The number of nitrogens with one attached hydrogen (secondary N) is 2. The van der Waals surface area contributed by atoms with Crippen LogP contribution in [0.2, 0.25) is 0 Å². The maximum atomic E-state index is 12.3. The van der Waals surface area contributed by atoms with Gasteiger partial charge in [0.2, 0.25) is 5.95 Å². The van der Waals surface area contributed by atoms with Crippen molar-refractivity contribution in [1.82, 2.24) is 25.4 Å². The van der Waals surface area contributed by atoms with Gasteiger partial charge in [-0.05, 0) is 37.6 Å². The van der Waals surface area contributed by atoms with Crippen LogP contribution in [0.25, 0.3) is 0 Å². The van der Waals surface area contributed by atoms with Crippen molar-refractivity contribution in [3.05, 3.63) is 59.4 Å². The van der Waals surface area contributed by atoms with Crippen LogP contribution in [-0.4, -0.2) is 26.0 Å². The number of amides is 1. The molecule has 0 aliphatic carbocycles. The first kappa shape index (κ1) is 15.6. The molecule has 24 heavy (non-hydrogen) atoms. The quantitative estimate of drug-likeness (QED) is 0.740. The van der Waals surface area contributed by atoms with E-state index in [2.05, 4.69) is 30.7 Å². The fraction of sp³-hybridized carbons (Fsp3) is 0.188. The van der Waals surface area contributed by atoms with Crippen LogP contribution >= 0.6 is 0 Å². The number of nitrogens with zero attached hydrogens (tertiary/aromatic N) is 4. The lowest BCUT2D eigenvalue weighted by atomic mass is 10.2. The first-order valence-corrected chi connectivity index (χ1v) is 7.33. The van der Waals surface area contributed by atoms with Gasteiger partial charge >= 0.3 is 0 Å². The van der Waals surface area contributed by atoms with Crippen LogP contribution in [0, 0.1) is 13.8 Å². The largest absolute Gasteiger partial charge is 0.360 e. The summed E-state index contributed by atoms with van der Waals surface area (Å²) in [4.78, 5) is 24.7. The van der Waals surface area contributed by atoms with Gasteiger partial charge in [0, 0.05) is 30.7 Å². The predicted molar refractivity (Wildman–Crippen MR) is 86.7 cm³/mol. The highest BCUT2D eigenvalue weighted by Gasteiger charge is 2.11. The Kier molecular flexibility index (Phi) is 4.46. The number of hydrogen-bond donors (Lipinski definition) is 2. The van der Waals surface area contributed by atoms with Crippen LogP contribution in [0.4, 0.5) is 11.8 Å². The van der Waals surface area contributed by atoms with Crippen molar-refractivity contribution >= 4 is 17.7 Å². The van der Waals surface area contributed by atoms with Crippen molar-refractivity contribution in [1.29, 1.82) is 0 Å². The van der Waals surface area contributed by atoms with Gasteiger partial charge in [-0.25, -0.2) is 9.97 Å². The molecule has 0 bridgehead atoms. The van der Waals surface area contributed by atoms with Gasteiger partial charge in [0.05, 0.1) is 0 Å². The Morgan fingerprint density at radius 1 is 1.17 bits per heavy atom. The van der Waals surface area contributed by atoms with E-state index in [1.807, 2.05) is 12.1 Å². The molecule has 0 unspecified atom stereocenters. The molecule has 0 saturated heterocycles. The molecule has 0 saturated carbocycles. The van der Waals surface area contributed by atoms with Gasteiger partial charge in [0.25, 0.3) is 5.91 Å². The number of anilines is 2. The summed E-state index contributed by atoms with van der Waals surface area (Å²) < 4.78 is 4.98. The van der Waals surface area contributed by atoms with E-state index >= 15 is 0 Å². The third-order valence-electron chi connectivity index (χ3n) is 3.16. The number of aromatic nitrogens is 4. The van der Waals surface area contributed by atoms with Crippen LogP contribution in [0.15, 0.2) is 41.2 Å². The molecule has 0 spiro atoms. The SMILES string of the molecule is Cc1cc(C(=O)NCc2ccncc2)nc(Nc2cc(C)on2)n1. The Balaban J connectivity index is 1.71. The van der Waals surface area contributed by atoms with E-state index in [0.29, 0.717) is 23.8 Å². The molecule has 0 aromatic carbocycles. The molecule has 8 heteroatoms. The molecule has 122 valence electrons. The van der Waals surface area contributed by atoms with E-state index in [1.165, 1.54) is 0 Å². The molecule has 3 heterocycles. The maximum absolute atomic E-state index is 12.3. The second-order valence-electron chi connectivity index (χ2n) is 5.20. The van der Waals surface area contributed by atoms with E-state index in [9.17, 15) is 4.79 Å². The van der Waals surface area contributed by atoms with Crippen LogP contribution in [0.5, 0.6) is 0 Å². The monoisotopic (exact) mass is 324 g/mol. The standard InChI is InChI=1S/C16H16N6O2/c1-10-7-13(15(23)18-9-12-3-5-17-6-4-12)20-16(19-10)21-14-8-11(2)24-22-14/h3-8H,9H2,1-2H3,(H,18,23)(H,19,20,21,22). The van der Waals surface area contributed by atoms with E-state index in [4.69, 9.17) is 4.52 Å². The van der Waals surface area contributed by atoms with E-state index < -0.39 is 0 Å². The third kappa shape index (κ3) is 3.92. The molecule has 3 aromatic rings. The molecule has 8 nitrogen and oxygen atoms in total. The van der Waals surface area contributed by atoms with Gasteiger partial charge in [0.15, 0.2) is 5.82 Å². The lowest BCUT2D eigenvalue weighted by Gasteiger charge is -2.07. The summed E-state index contributed by atoms with van der Waals surface area (Å²) in [5, 5.41) is 9.56. The highest BCUT2D eigenvalue weighted by molar-refractivity contribution is 5.92. The minimum atomic E-state index is -0.281. The van der Waals surface area contributed by atoms with E-state index in [0.717, 1.165) is 5.56 Å². The van der Waals surface area contributed by atoms with Gasteiger partial charge in [-0.15, -0.1) is 0 Å². The van der Waals surface area contributed by atoms with Crippen molar-refractivity contribution in [2.45, 2.75) is 20.4 Å². The van der Waals surface area contributed by atoms with E-state index in [1.54, 1.807) is 38.4 Å². The second kappa shape index (κ2) is 6.86. The highest BCUT2D eigenvalue weighted by Crippen LogP contribution is 2.13. The number of rotatable bonds is 5. The zero-order valence-corrected chi connectivity index (χ0v) is 13.3. The normalized spacial score (nSPS) is 10.4. The minimum absolute atomic E-state index is 0.277. The van der Waals surface area contributed by atoms with Crippen molar-refractivity contribution in [2.75, 3.05) is 5.32 Å². The Labute approximate surface area is 138 Å². The molecule has 3 rings (SSSR count). The summed E-state index contributed by atoms with van der Waals surface area (Å²) in [6, 6.07) is 7.02. The average molecular weight is 324 g/mol. The summed E-state index contributed by atoms with van der Waals surface area (Å²) in [7, 11) is 0. The molecule has 2 N–H and O–H groups in total. The Morgan fingerprint density at radius 3 is 2.67 bits per heavy atom. The Morgan fingerprint density at radius 2 is 1.96 bits per heavy atom. The van der Waals surface area contributed by atoms with Crippen LogP contribution in [-0.2, 0) is 6.54 Å². The molecule has 0 fully saturated rings. The Hall–Kier alpha value is -3.29. The maximum Gasteiger partial charge on any atom is 0.270 e. The smallest absolute Gasteiger partial charge is 0.270 e. The third-order valence-corrected chi connectivity index (χ3v) is 3.16. The average Bonchev–Trinajstić information content (AvgIpc) is 2.98. The molecule has 0 aliphatic heterocycles. The summed E-state index contributed by atoms with van der Waals surface area (Å²) in [6.07, 6.45) is 3.36. The molecular weight excluding hydrogens is 308 g/mol. The summed E-state index contributed by atoms with van der Waals surface area (Å²) in [6.45, 7) is 3.98. The first-order valence-electron chi connectivity index (χ1n) is 7.33. The lowest BCUT2D eigenvalue weighted by Crippen LogP contribution is -2.24.